The number of benzene rings is 2. The summed E-state index contributed by atoms with van der Waals surface area (Å²) in [5, 5.41) is 1.78. The fraction of sp³-hybridized carbons (Fsp3) is 0.645. The third-order valence-corrected chi connectivity index (χ3v) is 10.6. The molecular weight excluding hydrogens is 540 g/mol. The number of hydrogen-bond acceptors (Lipinski definition) is 7. The zero-order chi connectivity index (χ0) is 29.4. The van der Waals surface area contributed by atoms with Crippen LogP contribution in [-0.2, 0) is 19.6 Å². The van der Waals surface area contributed by atoms with Gasteiger partial charge in [-0.05, 0) is 80.9 Å². The van der Waals surface area contributed by atoms with Crippen LogP contribution < -0.4 is 4.74 Å². The maximum absolute atomic E-state index is 13.7. The van der Waals surface area contributed by atoms with Gasteiger partial charge in [-0.3, -0.25) is 9.69 Å². The number of likely N-dealkylation sites (tertiary alicyclic amines) is 1. The van der Waals surface area contributed by atoms with E-state index in [1.54, 1.807) is 23.5 Å². The van der Waals surface area contributed by atoms with Crippen LogP contribution in [0.2, 0.25) is 0 Å². The summed E-state index contributed by atoms with van der Waals surface area (Å²) in [7, 11) is 0.0994. The zero-order valence-electron chi connectivity index (χ0n) is 25.3. The molecule has 0 saturated carbocycles. The summed E-state index contributed by atoms with van der Waals surface area (Å²) in [6.45, 7) is 10.2. The van der Waals surface area contributed by atoms with Crippen LogP contribution in [0.3, 0.4) is 0 Å². The normalized spacial score (nSPS) is 21.9. The first-order valence-corrected chi connectivity index (χ1v) is 16.7. The maximum Gasteiger partial charge on any atom is 0.248 e. The predicted molar refractivity (Wildman–Crippen MR) is 163 cm³/mol. The topological polar surface area (TPSA) is 82.6 Å². The van der Waals surface area contributed by atoms with Gasteiger partial charge in [0.2, 0.25) is 15.9 Å². The van der Waals surface area contributed by atoms with Gasteiger partial charge in [0.25, 0.3) is 0 Å². The molecule has 0 aliphatic carbocycles. The Morgan fingerprint density at radius 1 is 0.878 bits per heavy atom. The van der Waals surface area contributed by atoms with E-state index in [1.165, 1.54) is 12.8 Å². The quantitative estimate of drug-likeness (QED) is 0.466. The number of methoxy groups -OCH3 is 1. The van der Waals surface area contributed by atoms with Gasteiger partial charge in [-0.15, -0.1) is 0 Å². The number of hydrogen-bond donors (Lipinski definition) is 0. The molecule has 0 spiro atoms. The van der Waals surface area contributed by atoms with E-state index in [9.17, 15) is 13.2 Å². The first kappa shape index (κ1) is 31.7. The highest BCUT2D eigenvalue weighted by molar-refractivity contribution is 7.89. The Bertz CT molecular complexity index is 1240. The molecule has 0 aromatic heterocycles. The molecule has 41 heavy (non-hydrogen) atoms. The molecule has 5 rings (SSSR count). The molecule has 2 aromatic rings. The second-order valence-electron chi connectivity index (χ2n) is 11.1. The van der Waals surface area contributed by atoms with E-state index in [1.807, 2.05) is 43.0 Å². The lowest BCUT2D eigenvalue weighted by Crippen LogP contribution is -2.54. The van der Waals surface area contributed by atoms with E-state index < -0.39 is 10.0 Å². The van der Waals surface area contributed by atoms with Crippen molar-refractivity contribution in [2.45, 2.75) is 62.9 Å². The Kier molecular flexibility index (Phi) is 11.4. The lowest BCUT2D eigenvalue weighted by molar-refractivity contribution is -0.138. The molecule has 0 radical (unpaired) electrons. The standard InChI is InChI=1S/C29H42N4O5S.C2H6/c1-30-13-10-25(11-14-30)31-15-17-32(18-16-31)29(34)22-38-21-26-5-3-4-12-33(26)39(35,36)28-9-7-23-19-27(37-2)8-6-24(23)20-28;1-2/h6-9,19-20,25-26H,3-5,10-18,21-22H2,1-2H3;1-2H3. The summed E-state index contributed by atoms with van der Waals surface area (Å²) < 4.78 is 40.0. The van der Waals surface area contributed by atoms with Crippen molar-refractivity contribution < 1.29 is 22.7 Å². The van der Waals surface area contributed by atoms with E-state index in [2.05, 4.69) is 16.8 Å². The molecule has 9 nitrogen and oxygen atoms in total. The maximum atomic E-state index is 13.7. The minimum absolute atomic E-state index is 0.00355. The van der Waals surface area contributed by atoms with Crippen LogP contribution in [0.1, 0.15) is 46.0 Å². The van der Waals surface area contributed by atoms with E-state index >= 15 is 0 Å². The van der Waals surface area contributed by atoms with Crippen molar-refractivity contribution in [3.05, 3.63) is 36.4 Å². The fourth-order valence-corrected chi connectivity index (χ4v) is 7.87. The highest BCUT2D eigenvalue weighted by Gasteiger charge is 2.34. The molecule has 2 aromatic carbocycles. The highest BCUT2D eigenvalue weighted by atomic mass is 32.2. The van der Waals surface area contributed by atoms with Crippen LogP contribution in [0.5, 0.6) is 5.75 Å². The smallest absolute Gasteiger partial charge is 0.248 e. The van der Waals surface area contributed by atoms with Crippen LogP contribution in [0.4, 0.5) is 0 Å². The Balaban J connectivity index is 0.00000189. The second kappa shape index (κ2) is 14.8. The van der Waals surface area contributed by atoms with E-state index in [0.29, 0.717) is 12.6 Å². The number of nitrogens with zero attached hydrogens (tertiary/aromatic N) is 4. The molecule has 0 N–H and O–H groups in total. The lowest BCUT2D eigenvalue weighted by Gasteiger charge is -2.42. The van der Waals surface area contributed by atoms with Crippen molar-refractivity contribution in [1.82, 2.24) is 19.0 Å². The zero-order valence-corrected chi connectivity index (χ0v) is 26.1. The summed E-state index contributed by atoms with van der Waals surface area (Å²) in [6, 6.07) is 11.2. The number of piperazine rings is 1. The summed E-state index contributed by atoms with van der Waals surface area (Å²) in [5.41, 5.74) is 0. The average Bonchev–Trinajstić information content (AvgIpc) is 3.02. The lowest BCUT2D eigenvalue weighted by atomic mass is 10.0. The van der Waals surface area contributed by atoms with Gasteiger partial charge in [-0.2, -0.15) is 4.31 Å². The van der Waals surface area contributed by atoms with E-state index in [4.69, 9.17) is 9.47 Å². The number of rotatable bonds is 8. The Hall–Kier alpha value is -2.24. The van der Waals surface area contributed by atoms with Crippen molar-refractivity contribution in [3.8, 4) is 5.75 Å². The summed E-state index contributed by atoms with van der Waals surface area (Å²) in [5.74, 6) is 0.730. The van der Waals surface area contributed by atoms with Crippen molar-refractivity contribution >= 4 is 26.7 Å². The van der Waals surface area contributed by atoms with Gasteiger partial charge in [0.15, 0.2) is 0 Å². The summed E-state index contributed by atoms with van der Waals surface area (Å²) >= 11 is 0. The number of ether oxygens (including phenoxy) is 2. The first-order valence-electron chi connectivity index (χ1n) is 15.2. The van der Waals surface area contributed by atoms with Gasteiger partial charge in [0.1, 0.15) is 12.4 Å². The molecule has 3 aliphatic rings. The Morgan fingerprint density at radius 2 is 1.56 bits per heavy atom. The molecule has 0 bridgehead atoms. The van der Waals surface area contributed by atoms with Crippen LogP contribution >= 0.6 is 0 Å². The van der Waals surface area contributed by atoms with Gasteiger partial charge < -0.3 is 19.3 Å². The number of fused-ring (bicyclic) bond motifs is 1. The highest BCUT2D eigenvalue weighted by Crippen LogP contribution is 2.29. The Morgan fingerprint density at radius 3 is 2.27 bits per heavy atom. The molecule has 1 amide bonds. The van der Waals surface area contributed by atoms with Gasteiger partial charge in [0, 0.05) is 44.8 Å². The number of carbonyl (C=O) groups excluding carboxylic acids is 1. The van der Waals surface area contributed by atoms with Crippen LogP contribution in [0.15, 0.2) is 41.3 Å². The van der Waals surface area contributed by atoms with Gasteiger partial charge in [0.05, 0.1) is 18.6 Å². The molecule has 1 atom stereocenters. The minimum atomic E-state index is -3.69. The third kappa shape index (κ3) is 7.78. The number of sulfonamides is 1. The average molecular weight is 589 g/mol. The molecule has 3 fully saturated rings. The van der Waals surface area contributed by atoms with Crippen molar-refractivity contribution in [1.29, 1.82) is 0 Å². The summed E-state index contributed by atoms with van der Waals surface area (Å²) in [4.78, 5) is 20.0. The minimum Gasteiger partial charge on any atom is -0.497 e. The van der Waals surface area contributed by atoms with Crippen molar-refractivity contribution in [3.63, 3.8) is 0 Å². The van der Waals surface area contributed by atoms with E-state index in [-0.39, 0.29) is 30.1 Å². The van der Waals surface area contributed by atoms with E-state index in [0.717, 1.165) is 75.1 Å². The Labute approximate surface area is 246 Å². The third-order valence-electron chi connectivity index (χ3n) is 8.61. The van der Waals surface area contributed by atoms with Crippen LogP contribution in [0.25, 0.3) is 10.8 Å². The summed E-state index contributed by atoms with van der Waals surface area (Å²) in [6.07, 6.45) is 4.89. The number of amides is 1. The fourth-order valence-electron chi connectivity index (χ4n) is 6.15. The molecule has 228 valence electrons. The van der Waals surface area contributed by atoms with Gasteiger partial charge >= 0.3 is 0 Å². The molecular formula is C31H48N4O5S. The molecule has 10 heteroatoms. The van der Waals surface area contributed by atoms with Gasteiger partial charge in [-0.1, -0.05) is 32.4 Å². The SMILES string of the molecule is CC.COc1ccc2cc(S(=O)(=O)N3CCCCC3COCC(=O)N3CCN(C4CCN(C)CC4)CC3)ccc2c1. The monoisotopic (exact) mass is 588 g/mol. The molecule has 3 aliphatic heterocycles. The first-order chi connectivity index (χ1) is 19.8. The number of carbonyl (C=O) groups is 1. The predicted octanol–water partition coefficient (Wildman–Crippen LogP) is 3.67. The molecule has 1 unspecified atom stereocenters. The second-order valence-corrected chi connectivity index (χ2v) is 13.0. The number of piperidine rings is 2. The largest absolute Gasteiger partial charge is 0.497 e. The molecule has 3 saturated heterocycles. The molecule has 3 heterocycles. The van der Waals surface area contributed by atoms with Gasteiger partial charge in [-0.25, -0.2) is 8.42 Å². The van der Waals surface area contributed by atoms with Crippen molar-refractivity contribution in [2.24, 2.45) is 0 Å². The van der Waals surface area contributed by atoms with Crippen LogP contribution in [0, 0.1) is 0 Å². The van der Waals surface area contributed by atoms with Crippen molar-refractivity contribution in [2.75, 3.05) is 73.2 Å². The van der Waals surface area contributed by atoms with Crippen LogP contribution in [-0.4, -0.2) is 119 Å².